The molecule has 1 aromatic heterocycles. The normalized spacial score (nSPS) is 10.7. The van der Waals surface area contributed by atoms with Crippen LogP contribution >= 0.6 is 27.3 Å². The van der Waals surface area contributed by atoms with Gasteiger partial charge in [0, 0.05) is 15.4 Å². The minimum absolute atomic E-state index is 0.235. The van der Waals surface area contributed by atoms with Gasteiger partial charge in [0.1, 0.15) is 10.8 Å². The van der Waals surface area contributed by atoms with E-state index in [-0.39, 0.29) is 5.82 Å². The molecule has 0 bridgehead atoms. The van der Waals surface area contributed by atoms with Crippen LogP contribution in [0.25, 0.3) is 10.6 Å². The van der Waals surface area contributed by atoms with Gasteiger partial charge in [-0.2, -0.15) is 0 Å². The number of aryl methyl sites for hydroxylation is 1. The molecule has 0 radical (unpaired) electrons. The van der Waals surface area contributed by atoms with Gasteiger partial charge in [-0.15, -0.1) is 11.3 Å². The zero-order valence-electron chi connectivity index (χ0n) is 8.84. The summed E-state index contributed by atoms with van der Waals surface area (Å²) in [5, 5.41) is 3.00. The molecule has 0 aliphatic heterocycles. The number of hydrogen-bond acceptors (Lipinski definition) is 2. The Bertz CT molecular complexity index is 496. The van der Waals surface area contributed by atoms with Crippen molar-refractivity contribution in [3.05, 3.63) is 39.6 Å². The fraction of sp³-hybridized carbons (Fsp3) is 0.250. The molecule has 2 aromatic rings. The maximum Gasteiger partial charge on any atom is 0.124 e. The van der Waals surface area contributed by atoms with Crippen LogP contribution in [-0.4, -0.2) is 4.98 Å². The predicted molar refractivity (Wildman–Crippen MR) is 69.2 cm³/mol. The highest BCUT2D eigenvalue weighted by Gasteiger charge is 2.08. The second-order valence-electron chi connectivity index (χ2n) is 3.52. The highest BCUT2D eigenvalue weighted by atomic mass is 79.9. The average molecular weight is 300 g/mol. The lowest BCUT2D eigenvalue weighted by molar-refractivity contribution is 0.627. The summed E-state index contributed by atoms with van der Waals surface area (Å²) < 4.78 is 13.7. The van der Waals surface area contributed by atoms with E-state index in [1.807, 2.05) is 0 Å². The predicted octanol–water partition coefficient (Wildman–Crippen LogP) is 4.66. The van der Waals surface area contributed by atoms with E-state index in [1.54, 1.807) is 17.4 Å². The average Bonchev–Trinajstić information content (AvgIpc) is 2.67. The van der Waals surface area contributed by atoms with E-state index in [9.17, 15) is 4.39 Å². The summed E-state index contributed by atoms with van der Waals surface area (Å²) in [4.78, 5) is 4.53. The minimum Gasteiger partial charge on any atom is -0.241 e. The minimum atomic E-state index is -0.235. The summed E-state index contributed by atoms with van der Waals surface area (Å²) in [6.45, 7) is 2.13. The lowest BCUT2D eigenvalue weighted by atomic mass is 10.2. The third-order valence-electron chi connectivity index (χ3n) is 2.22. The summed E-state index contributed by atoms with van der Waals surface area (Å²) in [6.07, 6.45) is 2.09. The van der Waals surface area contributed by atoms with Crippen molar-refractivity contribution in [1.29, 1.82) is 0 Å². The Morgan fingerprint density at radius 1 is 1.44 bits per heavy atom. The molecule has 16 heavy (non-hydrogen) atoms. The van der Waals surface area contributed by atoms with E-state index >= 15 is 0 Å². The number of hydrogen-bond donors (Lipinski definition) is 0. The van der Waals surface area contributed by atoms with Gasteiger partial charge < -0.3 is 0 Å². The first-order chi connectivity index (χ1) is 7.70. The standard InChI is InChI=1S/C12H11BrFNS/c1-2-3-9-7-16-12(15-9)10-5-4-8(14)6-11(10)13/h4-7H,2-3H2,1H3. The van der Waals surface area contributed by atoms with Crippen LogP contribution in [0.3, 0.4) is 0 Å². The van der Waals surface area contributed by atoms with Crippen LogP contribution in [0.2, 0.25) is 0 Å². The molecule has 0 saturated heterocycles. The quantitative estimate of drug-likeness (QED) is 0.803. The SMILES string of the molecule is CCCc1csc(-c2ccc(F)cc2Br)n1. The third-order valence-corrected chi connectivity index (χ3v) is 3.80. The van der Waals surface area contributed by atoms with Gasteiger partial charge in [0.05, 0.1) is 5.69 Å². The fourth-order valence-electron chi connectivity index (χ4n) is 1.46. The summed E-state index contributed by atoms with van der Waals surface area (Å²) >= 11 is 4.96. The Morgan fingerprint density at radius 3 is 2.94 bits per heavy atom. The molecule has 0 N–H and O–H groups in total. The molecule has 4 heteroatoms. The van der Waals surface area contributed by atoms with Crippen molar-refractivity contribution in [2.24, 2.45) is 0 Å². The Morgan fingerprint density at radius 2 is 2.25 bits per heavy atom. The largest absolute Gasteiger partial charge is 0.241 e. The van der Waals surface area contributed by atoms with Crippen LogP contribution in [0.4, 0.5) is 4.39 Å². The Hall–Kier alpha value is -0.740. The molecule has 0 atom stereocenters. The highest BCUT2D eigenvalue weighted by molar-refractivity contribution is 9.10. The molecule has 0 spiro atoms. The van der Waals surface area contributed by atoms with Crippen molar-refractivity contribution < 1.29 is 4.39 Å². The lowest BCUT2D eigenvalue weighted by Crippen LogP contribution is -1.84. The van der Waals surface area contributed by atoms with Gasteiger partial charge in [-0.05, 0) is 40.5 Å². The molecule has 0 amide bonds. The first kappa shape index (κ1) is 11.7. The van der Waals surface area contributed by atoms with Crippen LogP contribution in [-0.2, 0) is 6.42 Å². The maximum atomic E-state index is 12.9. The Kier molecular flexibility index (Phi) is 3.71. The van der Waals surface area contributed by atoms with Gasteiger partial charge in [-0.1, -0.05) is 13.3 Å². The summed E-state index contributed by atoms with van der Waals surface area (Å²) in [6, 6.07) is 4.69. The van der Waals surface area contributed by atoms with E-state index in [1.165, 1.54) is 12.1 Å². The zero-order chi connectivity index (χ0) is 11.5. The van der Waals surface area contributed by atoms with Crippen LogP contribution in [0, 0.1) is 5.82 Å². The van der Waals surface area contributed by atoms with Crippen LogP contribution in [0.5, 0.6) is 0 Å². The highest BCUT2D eigenvalue weighted by Crippen LogP contribution is 2.31. The fourth-order valence-corrected chi connectivity index (χ4v) is 3.03. The number of benzene rings is 1. The number of thiazole rings is 1. The van der Waals surface area contributed by atoms with Crippen molar-refractivity contribution in [2.45, 2.75) is 19.8 Å². The zero-order valence-corrected chi connectivity index (χ0v) is 11.2. The first-order valence-electron chi connectivity index (χ1n) is 5.10. The molecule has 1 aromatic carbocycles. The molecule has 1 nitrogen and oxygen atoms in total. The van der Waals surface area contributed by atoms with Gasteiger partial charge in [0.15, 0.2) is 0 Å². The maximum absolute atomic E-state index is 12.9. The first-order valence-corrected chi connectivity index (χ1v) is 6.78. The number of rotatable bonds is 3. The van der Waals surface area contributed by atoms with E-state index in [4.69, 9.17) is 0 Å². The topological polar surface area (TPSA) is 12.9 Å². The van der Waals surface area contributed by atoms with Gasteiger partial charge >= 0.3 is 0 Å². The monoisotopic (exact) mass is 299 g/mol. The lowest BCUT2D eigenvalue weighted by Gasteiger charge is -2.00. The van der Waals surface area contributed by atoms with E-state index in [0.717, 1.165) is 33.6 Å². The van der Waals surface area contributed by atoms with Gasteiger partial charge in [-0.25, -0.2) is 9.37 Å². The van der Waals surface area contributed by atoms with Gasteiger partial charge in [0.25, 0.3) is 0 Å². The van der Waals surface area contributed by atoms with Crippen LogP contribution < -0.4 is 0 Å². The summed E-state index contributed by atoms with van der Waals surface area (Å²) in [5.74, 6) is -0.235. The number of nitrogens with zero attached hydrogens (tertiary/aromatic N) is 1. The molecule has 2 rings (SSSR count). The third kappa shape index (κ3) is 2.50. The number of halogens is 2. The van der Waals surface area contributed by atoms with Crippen LogP contribution in [0.1, 0.15) is 19.0 Å². The molecule has 0 saturated carbocycles. The molecule has 0 unspecified atom stereocenters. The molecule has 0 aliphatic carbocycles. The van der Waals surface area contributed by atoms with E-state index < -0.39 is 0 Å². The molecule has 0 aliphatic rings. The molecule has 0 fully saturated rings. The summed E-state index contributed by atoms with van der Waals surface area (Å²) in [5.41, 5.74) is 2.06. The van der Waals surface area contributed by atoms with Crippen molar-refractivity contribution in [3.8, 4) is 10.6 Å². The van der Waals surface area contributed by atoms with E-state index in [0.29, 0.717) is 0 Å². The molecule has 84 valence electrons. The summed E-state index contributed by atoms with van der Waals surface area (Å²) in [7, 11) is 0. The molecular weight excluding hydrogens is 289 g/mol. The smallest absolute Gasteiger partial charge is 0.124 e. The van der Waals surface area contributed by atoms with Crippen molar-refractivity contribution in [2.75, 3.05) is 0 Å². The van der Waals surface area contributed by atoms with Crippen molar-refractivity contribution in [3.63, 3.8) is 0 Å². The van der Waals surface area contributed by atoms with Gasteiger partial charge in [0.2, 0.25) is 0 Å². The van der Waals surface area contributed by atoms with E-state index in [2.05, 4.69) is 33.2 Å². The molecular formula is C12H11BrFNS. The molecule has 1 heterocycles. The Balaban J connectivity index is 2.35. The second kappa shape index (κ2) is 5.06. The Labute approximate surface area is 106 Å². The van der Waals surface area contributed by atoms with Crippen LogP contribution in [0.15, 0.2) is 28.1 Å². The van der Waals surface area contributed by atoms with Crippen molar-refractivity contribution >= 4 is 27.3 Å². The number of aromatic nitrogens is 1. The van der Waals surface area contributed by atoms with Gasteiger partial charge in [-0.3, -0.25) is 0 Å². The van der Waals surface area contributed by atoms with Crippen molar-refractivity contribution in [1.82, 2.24) is 4.98 Å². The second-order valence-corrected chi connectivity index (χ2v) is 5.23.